The average molecular weight is 317 g/mol. The fourth-order valence-corrected chi connectivity index (χ4v) is 2.69. The molecule has 0 bridgehead atoms. The van der Waals surface area contributed by atoms with Gasteiger partial charge >= 0.3 is 0 Å². The molecule has 0 unspecified atom stereocenters. The highest BCUT2D eigenvalue weighted by atomic mass is 16.5. The molecule has 0 radical (unpaired) electrons. The fraction of sp³-hybridized carbons (Fsp3) is 0.529. The zero-order valence-corrected chi connectivity index (χ0v) is 13.5. The molecule has 1 aliphatic heterocycles. The molecule has 1 saturated heterocycles. The summed E-state index contributed by atoms with van der Waals surface area (Å²) in [6.45, 7) is 6.01. The number of aromatic nitrogens is 2. The van der Waals surface area contributed by atoms with Gasteiger partial charge in [0, 0.05) is 6.54 Å². The molecular weight excluding hydrogens is 294 g/mol. The van der Waals surface area contributed by atoms with Crippen LogP contribution in [0.25, 0.3) is 0 Å². The first-order chi connectivity index (χ1) is 11.3. The number of benzene rings is 1. The van der Waals surface area contributed by atoms with Crippen molar-refractivity contribution in [1.29, 1.82) is 0 Å². The third-order valence-electron chi connectivity index (χ3n) is 3.88. The molecule has 0 N–H and O–H groups in total. The van der Waals surface area contributed by atoms with E-state index in [1.165, 1.54) is 32.4 Å². The number of para-hydroxylation sites is 2. The van der Waals surface area contributed by atoms with Gasteiger partial charge in [-0.15, -0.1) is 0 Å². The van der Waals surface area contributed by atoms with Gasteiger partial charge in [0.1, 0.15) is 6.61 Å². The van der Waals surface area contributed by atoms with Gasteiger partial charge in [0.2, 0.25) is 0 Å². The molecule has 0 atom stereocenters. The lowest BCUT2D eigenvalue weighted by Crippen LogP contribution is -2.33. The van der Waals surface area contributed by atoms with Crippen LogP contribution in [-0.2, 0) is 6.61 Å². The van der Waals surface area contributed by atoms with Gasteiger partial charge < -0.3 is 14.0 Å². The van der Waals surface area contributed by atoms with Crippen molar-refractivity contribution in [2.45, 2.75) is 32.8 Å². The van der Waals surface area contributed by atoms with Gasteiger partial charge in [-0.3, -0.25) is 4.90 Å². The summed E-state index contributed by atoms with van der Waals surface area (Å²) in [5.41, 5.74) is 0. The molecule has 0 amide bonds. The fourth-order valence-electron chi connectivity index (χ4n) is 2.69. The number of nitrogens with zero attached hydrogens (tertiary/aromatic N) is 3. The van der Waals surface area contributed by atoms with E-state index in [2.05, 4.69) is 15.0 Å². The Morgan fingerprint density at radius 2 is 1.83 bits per heavy atom. The molecule has 23 heavy (non-hydrogen) atoms. The van der Waals surface area contributed by atoms with Crippen molar-refractivity contribution >= 4 is 0 Å². The van der Waals surface area contributed by atoms with Gasteiger partial charge in [-0.2, -0.15) is 4.98 Å². The third-order valence-corrected chi connectivity index (χ3v) is 3.88. The van der Waals surface area contributed by atoms with E-state index in [9.17, 15) is 0 Å². The second-order valence-corrected chi connectivity index (χ2v) is 5.72. The van der Waals surface area contributed by atoms with Crippen LogP contribution in [0, 0.1) is 6.92 Å². The number of piperidine rings is 1. The van der Waals surface area contributed by atoms with Crippen molar-refractivity contribution in [1.82, 2.24) is 15.0 Å². The maximum atomic E-state index is 5.90. The third kappa shape index (κ3) is 4.69. The molecule has 1 aromatic carbocycles. The summed E-state index contributed by atoms with van der Waals surface area (Å²) in [5, 5.41) is 3.75. The quantitative estimate of drug-likeness (QED) is 0.782. The molecule has 124 valence electrons. The zero-order valence-electron chi connectivity index (χ0n) is 13.5. The maximum absolute atomic E-state index is 5.90. The van der Waals surface area contributed by atoms with Crippen LogP contribution in [0.2, 0.25) is 0 Å². The highest BCUT2D eigenvalue weighted by Crippen LogP contribution is 2.27. The van der Waals surface area contributed by atoms with E-state index in [0.29, 0.717) is 24.1 Å². The van der Waals surface area contributed by atoms with Gasteiger partial charge in [0.05, 0.1) is 0 Å². The van der Waals surface area contributed by atoms with Crippen LogP contribution in [0.4, 0.5) is 0 Å². The second-order valence-electron chi connectivity index (χ2n) is 5.72. The molecule has 0 saturated carbocycles. The van der Waals surface area contributed by atoms with Crippen LogP contribution in [0.5, 0.6) is 11.5 Å². The Bertz CT molecular complexity index is 609. The van der Waals surface area contributed by atoms with Gasteiger partial charge in [0.25, 0.3) is 5.89 Å². The van der Waals surface area contributed by atoms with Gasteiger partial charge in [-0.1, -0.05) is 23.7 Å². The average Bonchev–Trinajstić information content (AvgIpc) is 3.00. The normalized spacial score (nSPS) is 15.5. The first kappa shape index (κ1) is 15.8. The maximum Gasteiger partial charge on any atom is 0.264 e. The summed E-state index contributed by atoms with van der Waals surface area (Å²) in [7, 11) is 0. The second kappa shape index (κ2) is 7.97. The van der Waals surface area contributed by atoms with Crippen molar-refractivity contribution in [2.24, 2.45) is 0 Å². The predicted octanol–water partition coefficient (Wildman–Crippen LogP) is 2.82. The van der Waals surface area contributed by atoms with Gasteiger partial charge in [-0.05, 0) is 45.0 Å². The van der Waals surface area contributed by atoms with E-state index >= 15 is 0 Å². The summed E-state index contributed by atoms with van der Waals surface area (Å²) >= 11 is 0. The Morgan fingerprint density at radius 1 is 1.09 bits per heavy atom. The minimum absolute atomic E-state index is 0.243. The van der Waals surface area contributed by atoms with Crippen LogP contribution < -0.4 is 9.47 Å². The minimum atomic E-state index is 0.243. The van der Waals surface area contributed by atoms with E-state index < -0.39 is 0 Å². The number of hydrogen-bond acceptors (Lipinski definition) is 6. The van der Waals surface area contributed by atoms with Crippen LogP contribution in [0.15, 0.2) is 28.8 Å². The molecule has 1 fully saturated rings. The van der Waals surface area contributed by atoms with Crippen LogP contribution in [0.1, 0.15) is 31.0 Å². The summed E-state index contributed by atoms with van der Waals surface area (Å²) in [6.07, 6.45) is 3.94. The lowest BCUT2D eigenvalue weighted by atomic mass is 10.1. The van der Waals surface area contributed by atoms with E-state index in [1.54, 1.807) is 6.92 Å². The first-order valence-electron chi connectivity index (χ1n) is 8.17. The standard InChI is InChI=1S/C17H23N3O3/c1-14-18-17(23-19-14)13-22-16-8-4-3-7-15(16)21-12-11-20-9-5-2-6-10-20/h3-4,7-8H,2,5-6,9-13H2,1H3. The number of likely N-dealkylation sites (tertiary alicyclic amines) is 1. The number of aryl methyl sites for hydroxylation is 1. The topological polar surface area (TPSA) is 60.6 Å². The molecule has 6 heteroatoms. The number of hydrogen-bond donors (Lipinski definition) is 0. The van der Waals surface area contributed by atoms with Crippen LogP contribution >= 0.6 is 0 Å². The first-order valence-corrected chi connectivity index (χ1v) is 8.17. The Kier molecular flexibility index (Phi) is 5.47. The van der Waals surface area contributed by atoms with Crippen molar-refractivity contribution in [3.05, 3.63) is 36.0 Å². The van der Waals surface area contributed by atoms with Gasteiger partial charge in [-0.25, -0.2) is 0 Å². The Balaban J connectivity index is 1.50. The molecule has 1 aliphatic rings. The van der Waals surface area contributed by atoms with E-state index in [0.717, 1.165) is 12.3 Å². The molecule has 1 aromatic heterocycles. The Hall–Kier alpha value is -2.08. The SMILES string of the molecule is Cc1noc(COc2ccccc2OCCN2CCCCC2)n1. The molecular formula is C17H23N3O3. The smallest absolute Gasteiger partial charge is 0.264 e. The Morgan fingerprint density at radius 3 is 2.52 bits per heavy atom. The lowest BCUT2D eigenvalue weighted by Gasteiger charge is -2.26. The number of ether oxygens (including phenoxy) is 2. The zero-order chi connectivity index (χ0) is 15.9. The van der Waals surface area contributed by atoms with Gasteiger partial charge in [0.15, 0.2) is 23.9 Å². The predicted molar refractivity (Wildman–Crippen MR) is 85.6 cm³/mol. The lowest BCUT2D eigenvalue weighted by molar-refractivity contribution is 0.176. The minimum Gasteiger partial charge on any atom is -0.488 e. The van der Waals surface area contributed by atoms with Crippen LogP contribution in [-0.4, -0.2) is 41.3 Å². The van der Waals surface area contributed by atoms with Crippen molar-refractivity contribution in [3.63, 3.8) is 0 Å². The summed E-state index contributed by atoms with van der Waals surface area (Å²) in [4.78, 5) is 6.58. The van der Waals surface area contributed by atoms with Crippen molar-refractivity contribution < 1.29 is 14.0 Å². The largest absolute Gasteiger partial charge is 0.488 e. The monoisotopic (exact) mass is 317 g/mol. The highest BCUT2D eigenvalue weighted by molar-refractivity contribution is 5.39. The number of rotatable bonds is 7. The van der Waals surface area contributed by atoms with E-state index in [1.807, 2.05) is 24.3 Å². The molecule has 2 heterocycles. The highest BCUT2D eigenvalue weighted by Gasteiger charge is 2.11. The van der Waals surface area contributed by atoms with E-state index in [-0.39, 0.29) is 6.61 Å². The molecule has 6 nitrogen and oxygen atoms in total. The Labute approximate surface area is 136 Å². The molecule has 3 rings (SSSR count). The van der Waals surface area contributed by atoms with Crippen molar-refractivity contribution in [3.8, 4) is 11.5 Å². The summed E-state index contributed by atoms with van der Waals surface area (Å²) in [5.74, 6) is 2.52. The van der Waals surface area contributed by atoms with E-state index in [4.69, 9.17) is 14.0 Å². The molecule has 2 aromatic rings. The summed E-state index contributed by atoms with van der Waals surface area (Å²) in [6, 6.07) is 7.68. The summed E-state index contributed by atoms with van der Waals surface area (Å²) < 4.78 is 16.7. The molecule has 0 aliphatic carbocycles. The van der Waals surface area contributed by atoms with Crippen molar-refractivity contribution in [2.75, 3.05) is 26.2 Å². The van der Waals surface area contributed by atoms with Crippen LogP contribution in [0.3, 0.4) is 0 Å². The molecule has 0 spiro atoms.